The van der Waals surface area contributed by atoms with Gasteiger partial charge in [0.25, 0.3) is 0 Å². The maximum absolute atomic E-state index is 11.2. The second-order valence-corrected chi connectivity index (χ2v) is 4.08. The molecule has 1 unspecified atom stereocenters. The Labute approximate surface area is 93.5 Å². The SMILES string of the molecule is Cc1cccc(C(C)(CC(=O)O)C(=O)O)c1. The van der Waals surface area contributed by atoms with Gasteiger partial charge in [-0.25, -0.2) is 0 Å². The molecule has 16 heavy (non-hydrogen) atoms. The second kappa shape index (κ2) is 4.35. The van der Waals surface area contributed by atoms with Crippen molar-refractivity contribution in [3.05, 3.63) is 35.4 Å². The van der Waals surface area contributed by atoms with Gasteiger partial charge in [0.15, 0.2) is 0 Å². The van der Waals surface area contributed by atoms with Crippen LogP contribution in [0.4, 0.5) is 0 Å². The van der Waals surface area contributed by atoms with E-state index < -0.39 is 23.8 Å². The lowest BCUT2D eigenvalue weighted by Gasteiger charge is -2.23. The number of benzene rings is 1. The second-order valence-electron chi connectivity index (χ2n) is 4.08. The summed E-state index contributed by atoms with van der Waals surface area (Å²) < 4.78 is 0. The Morgan fingerprint density at radius 2 is 1.94 bits per heavy atom. The van der Waals surface area contributed by atoms with E-state index in [2.05, 4.69) is 0 Å². The first-order chi connectivity index (χ1) is 7.36. The number of carboxylic acids is 2. The van der Waals surface area contributed by atoms with Gasteiger partial charge in [-0.2, -0.15) is 0 Å². The largest absolute Gasteiger partial charge is 0.481 e. The molecule has 2 N–H and O–H groups in total. The summed E-state index contributed by atoms with van der Waals surface area (Å²) in [6.45, 7) is 3.27. The topological polar surface area (TPSA) is 74.6 Å². The van der Waals surface area contributed by atoms with Gasteiger partial charge in [-0.15, -0.1) is 0 Å². The molecule has 1 atom stereocenters. The van der Waals surface area contributed by atoms with Crippen molar-refractivity contribution in [1.82, 2.24) is 0 Å². The monoisotopic (exact) mass is 222 g/mol. The number of rotatable bonds is 4. The Morgan fingerprint density at radius 3 is 2.38 bits per heavy atom. The zero-order valence-corrected chi connectivity index (χ0v) is 9.23. The molecule has 0 radical (unpaired) electrons. The van der Waals surface area contributed by atoms with Crippen LogP contribution in [-0.4, -0.2) is 22.2 Å². The van der Waals surface area contributed by atoms with Crippen LogP contribution in [0.5, 0.6) is 0 Å². The normalized spacial score (nSPS) is 14.1. The van der Waals surface area contributed by atoms with Gasteiger partial charge in [0.2, 0.25) is 0 Å². The van der Waals surface area contributed by atoms with Crippen LogP contribution in [0.3, 0.4) is 0 Å². The summed E-state index contributed by atoms with van der Waals surface area (Å²) in [4.78, 5) is 21.9. The lowest BCUT2D eigenvalue weighted by atomic mass is 9.79. The van der Waals surface area contributed by atoms with Crippen molar-refractivity contribution in [3.8, 4) is 0 Å². The van der Waals surface area contributed by atoms with Crippen LogP contribution in [-0.2, 0) is 15.0 Å². The van der Waals surface area contributed by atoms with E-state index in [1.165, 1.54) is 6.92 Å². The lowest BCUT2D eigenvalue weighted by Crippen LogP contribution is -2.35. The van der Waals surface area contributed by atoms with E-state index in [9.17, 15) is 9.59 Å². The molecular formula is C12H14O4. The Kier molecular flexibility index (Phi) is 3.32. The number of hydrogen-bond acceptors (Lipinski definition) is 2. The Bertz CT molecular complexity index is 425. The molecule has 86 valence electrons. The van der Waals surface area contributed by atoms with E-state index in [0.29, 0.717) is 5.56 Å². The molecule has 0 saturated heterocycles. The van der Waals surface area contributed by atoms with Crippen molar-refractivity contribution < 1.29 is 19.8 Å². The smallest absolute Gasteiger partial charge is 0.314 e. The Morgan fingerprint density at radius 1 is 1.31 bits per heavy atom. The molecular weight excluding hydrogens is 208 g/mol. The third kappa shape index (κ3) is 2.39. The first-order valence-electron chi connectivity index (χ1n) is 4.88. The minimum Gasteiger partial charge on any atom is -0.481 e. The van der Waals surface area contributed by atoms with E-state index in [1.54, 1.807) is 18.2 Å². The van der Waals surface area contributed by atoms with Gasteiger partial charge in [-0.3, -0.25) is 9.59 Å². The van der Waals surface area contributed by atoms with Crippen molar-refractivity contribution in [1.29, 1.82) is 0 Å². The maximum Gasteiger partial charge on any atom is 0.314 e. The first kappa shape index (κ1) is 12.2. The molecule has 1 rings (SSSR count). The predicted molar refractivity (Wildman–Crippen MR) is 58.4 cm³/mol. The van der Waals surface area contributed by atoms with Gasteiger partial charge in [-0.1, -0.05) is 29.8 Å². The number of carbonyl (C=O) groups is 2. The molecule has 0 aliphatic carbocycles. The van der Waals surface area contributed by atoms with Crippen LogP contribution in [0.1, 0.15) is 24.5 Å². The van der Waals surface area contributed by atoms with Gasteiger partial charge in [-0.05, 0) is 19.4 Å². The summed E-state index contributed by atoms with van der Waals surface area (Å²) in [5.41, 5.74) is 0.0514. The molecule has 1 aromatic rings. The van der Waals surface area contributed by atoms with E-state index in [-0.39, 0.29) is 0 Å². The summed E-state index contributed by atoms with van der Waals surface area (Å²) in [7, 11) is 0. The summed E-state index contributed by atoms with van der Waals surface area (Å²) >= 11 is 0. The minimum absolute atomic E-state index is 0.425. The molecule has 4 heteroatoms. The van der Waals surface area contributed by atoms with Crippen molar-refractivity contribution in [2.75, 3.05) is 0 Å². The molecule has 0 fully saturated rings. The van der Waals surface area contributed by atoms with Crippen LogP contribution >= 0.6 is 0 Å². The summed E-state index contributed by atoms with van der Waals surface area (Å²) in [5, 5.41) is 17.9. The van der Waals surface area contributed by atoms with Gasteiger partial charge in [0.05, 0.1) is 6.42 Å². The highest BCUT2D eigenvalue weighted by Crippen LogP contribution is 2.28. The Balaban J connectivity index is 3.21. The first-order valence-corrected chi connectivity index (χ1v) is 4.88. The van der Waals surface area contributed by atoms with Crippen LogP contribution < -0.4 is 0 Å². The molecule has 0 saturated carbocycles. The molecule has 1 aromatic carbocycles. The average molecular weight is 222 g/mol. The zero-order chi connectivity index (χ0) is 12.3. The lowest BCUT2D eigenvalue weighted by molar-refractivity contribution is -0.149. The number of hydrogen-bond donors (Lipinski definition) is 2. The summed E-state index contributed by atoms with van der Waals surface area (Å²) in [6.07, 6.45) is -0.425. The van der Waals surface area contributed by atoms with E-state index >= 15 is 0 Å². The molecule has 4 nitrogen and oxygen atoms in total. The number of aliphatic carboxylic acids is 2. The van der Waals surface area contributed by atoms with Crippen LogP contribution in [0.25, 0.3) is 0 Å². The predicted octanol–water partition coefficient (Wildman–Crippen LogP) is 1.81. The molecule has 0 aliphatic rings. The van der Waals surface area contributed by atoms with Crippen molar-refractivity contribution in [3.63, 3.8) is 0 Å². The fourth-order valence-electron chi connectivity index (χ4n) is 1.59. The van der Waals surface area contributed by atoms with Crippen molar-refractivity contribution in [2.24, 2.45) is 0 Å². The van der Waals surface area contributed by atoms with Crippen LogP contribution in [0.2, 0.25) is 0 Å². The van der Waals surface area contributed by atoms with Crippen molar-refractivity contribution >= 4 is 11.9 Å². The quantitative estimate of drug-likeness (QED) is 0.814. The average Bonchev–Trinajstić information content (AvgIpc) is 2.16. The van der Waals surface area contributed by atoms with Gasteiger partial charge >= 0.3 is 11.9 Å². The molecule has 0 amide bonds. The van der Waals surface area contributed by atoms with Crippen molar-refractivity contribution in [2.45, 2.75) is 25.7 Å². The molecule has 0 aromatic heterocycles. The van der Waals surface area contributed by atoms with Gasteiger partial charge in [0, 0.05) is 0 Å². The highest BCUT2D eigenvalue weighted by Gasteiger charge is 2.37. The highest BCUT2D eigenvalue weighted by molar-refractivity contribution is 5.86. The third-order valence-corrected chi connectivity index (χ3v) is 2.63. The maximum atomic E-state index is 11.2. The molecule has 0 heterocycles. The third-order valence-electron chi connectivity index (χ3n) is 2.63. The van der Waals surface area contributed by atoms with E-state index in [4.69, 9.17) is 10.2 Å². The standard InChI is InChI=1S/C12H14O4/c1-8-4-3-5-9(6-8)12(2,11(15)16)7-10(13)14/h3-6H,7H2,1-2H3,(H,13,14)(H,15,16). The summed E-state index contributed by atoms with van der Waals surface area (Å²) in [5.74, 6) is -2.24. The number of carboxylic acid groups (broad SMARTS) is 2. The van der Waals surface area contributed by atoms with E-state index in [1.807, 2.05) is 13.0 Å². The molecule has 0 bridgehead atoms. The van der Waals surface area contributed by atoms with Crippen LogP contribution in [0, 0.1) is 6.92 Å². The van der Waals surface area contributed by atoms with Gasteiger partial charge in [0.1, 0.15) is 5.41 Å². The summed E-state index contributed by atoms with van der Waals surface area (Å²) in [6, 6.07) is 6.92. The fraction of sp³-hybridized carbons (Fsp3) is 0.333. The fourth-order valence-corrected chi connectivity index (χ4v) is 1.59. The van der Waals surface area contributed by atoms with Crippen LogP contribution in [0.15, 0.2) is 24.3 Å². The Hall–Kier alpha value is -1.84. The van der Waals surface area contributed by atoms with E-state index in [0.717, 1.165) is 5.56 Å². The highest BCUT2D eigenvalue weighted by atomic mass is 16.4. The molecule has 0 spiro atoms. The zero-order valence-electron chi connectivity index (χ0n) is 9.23. The van der Waals surface area contributed by atoms with Gasteiger partial charge < -0.3 is 10.2 Å². The molecule has 0 aliphatic heterocycles. The minimum atomic E-state index is -1.38. The number of aryl methyl sites for hydroxylation is 1.